The molecule has 1 aliphatic rings. The van der Waals surface area contributed by atoms with Gasteiger partial charge in [-0.1, -0.05) is 13.0 Å². The van der Waals surface area contributed by atoms with Crippen molar-refractivity contribution in [1.29, 1.82) is 0 Å². The summed E-state index contributed by atoms with van der Waals surface area (Å²) in [5, 5.41) is 1.72. The maximum atomic E-state index is 12.8. The Kier molecular flexibility index (Phi) is 6.08. The van der Waals surface area contributed by atoms with Crippen LogP contribution in [0.25, 0.3) is 0 Å². The van der Waals surface area contributed by atoms with E-state index in [1.54, 1.807) is 36.7 Å². The van der Waals surface area contributed by atoms with Crippen molar-refractivity contribution >= 4 is 37.2 Å². The minimum atomic E-state index is -3.64. The van der Waals surface area contributed by atoms with Gasteiger partial charge in [-0.2, -0.15) is 4.31 Å². The van der Waals surface area contributed by atoms with E-state index >= 15 is 0 Å². The second-order valence-corrected chi connectivity index (χ2v) is 12.5. The summed E-state index contributed by atoms with van der Waals surface area (Å²) in [4.78, 5) is 6.32. The van der Waals surface area contributed by atoms with E-state index < -0.39 is 25.6 Å². The normalized spacial score (nSPS) is 16.2. The maximum absolute atomic E-state index is 12.8. The Morgan fingerprint density at radius 2 is 1.93 bits per heavy atom. The van der Waals surface area contributed by atoms with Gasteiger partial charge in [-0.15, -0.1) is 11.3 Å². The molecule has 160 valence electrons. The first-order valence-corrected chi connectivity index (χ1v) is 13.0. The number of pyridine rings is 1. The van der Waals surface area contributed by atoms with Crippen molar-refractivity contribution < 1.29 is 16.8 Å². The van der Waals surface area contributed by atoms with Crippen molar-refractivity contribution in [2.45, 2.75) is 47.9 Å². The lowest BCUT2D eigenvalue weighted by Gasteiger charge is -2.40. The highest BCUT2D eigenvalue weighted by Gasteiger charge is 2.34. The van der Waals surface area contributed by atoms with E-state index in [1.165, 1.54) is 21.8 Å². The molecule has 3 heterocycles. The van der Waals surface area contributed by atoms with Gasteiger partial charge in [0.05, 0.1) is 6.04 Å². The zero-order valence-corrected chi connectivity index (χ0v) is 19.3. The number of nitrogens with zero attached hydrogens (tertiary/aromatic N) is 3. The highest BCUT2D eigenvalue weighted by molar-refractivity contribution is 7.91. The van der Waals surface area contributed by atoms with Gasteiger partial charge in [0.2, 0.25) is 20.0 Å². The Morgan fingerprint density at radius 1 is 1.24 bits per heavy atom. The Balaban J connectivity index is 1.64. The molecule has 0 amide bonds. The lowest BCUT2D eigenvalue weighted by molar-refractivity contribution is 0.257. The summed E-state index contributed by atoms with van der Waals surface area (Å²) in [6.07, 6.45) is 2.04. The second kappa shape index (κ2) is 7.95. The van der Waals surface area contributed by atoms with Gasteiger partial charge in [0.1, 0.15) is 14.9 Å². The first-order valence-electron chi connectivity index (χ1n) is 9.23. The van der Waals surface area contributed by atoms with E-state index in [-0.39, 0.29) is 10.9 Å². The number of sulfonamides is 2. The third-order valence-electron chi connectivity index (χ3n) is 5.38. The molecule has 1 aliphatic heterocycles. The number of hydrogen-bond donors (Lipinski definition) is 1. The molecule has 3 rings (SSSR count). The van der Waals surface area contributed by atoms with E-state index in [1.807, 2.05) is 25.7 Å². The molecule has 0 bridgehead atoms. The van der Waals surface area contributed by atoms with Crippen LogP contribution in [0.3, 0.4) is 0 Å². The first-order chi connectivity index (χ1) is 13.5. The van der Waals surface area contributed by atoms with Gasteiger partial charge in [-0.05, 0) is 43.8 Å². The van der Waals surface area contributed by atoms with Crippen molar-refractivity contribution in [2.24, 2.45) is 0 Å². The molecular formula is C18H26N4O4S3. The number of thiophene rings is 1. The van der Waals surface area contributed by atoms with Gasteiger partial charge in [-0.3, -0.25) is 0 Å². The lowest BCUT2D eigenvalue weighted by atomic mass is 10.0. The monoisotopic (exact) mass is 458 g/mol. The minimum absolute atomic E-state index is 0.140. The average Bonchev–Trinajstić information content (AvgIpc) is 3.19. The van der Waals surface area contributed by atoms with Gasteiger partial charge in [-0.25, -0.2) is 26.5 Å². The third kappa shape index (κ3) is 4.48. The number of anilines is 1. The topological polar surface area (TPSA) is 99.7 Å². The predicted molar refractivity (Wildman–Crippen MR) is 114 cm³/mol. The van der Waals surface area contributed by atoms with Crippen LogP contribution in [0.1, 0.15) is 27.2 Å². The Hall–Kier alpha value is -1.53. The Labute approximate surface area is 176 Å². The zero-order valence-electron chi connectivity index (χ0n) is 16.9. The van der Waals surface area contributed by atoms with Crippen molar-refractivity contribution in [3.8, 4) is 0 Å². The number of rotatable bonds is 8. The Morgan fingerprint density at radius 3 is 2.45 bits per heavy atom. The molecule has 0 saturated carbocycles. The summed E-state index contributed by atoms with van der Waals surface area (Å²) in [6.45, 7) is 6.66. The van der Waals surface area contributed by atoms with E-state index in [9.17, 15) is 16.8 Å². The largest absolute Gasteiger partial charge is 0.353 e. The molecule has 2 aromatic heterocycles. The van der Waals surface area contributed by atoms with Crippen LogP contribution in [0.2, 0.25) is 0 Å². The molecule has 0 spiro atoms. The van der Waals surface area contributed by atoms with Crippen LogP contribution in [-0.2, 0) is 20.0 Å². The molecule has 0 aliphatic carbocycles. The smallest absolute Gasteiger partial charge is 0.250 e. The highest BCUT2D eigenvalue weighted by atomic mass is 32.2. The molecule has 1 N–H and O–H groups in total. The van der Waals surface area contributed by atoms with Crippen LogP contribution in [0.4, 0.5) is 5.82 Å². The molecule has 2 aromatic rings. The van der Waals surface area contributed by atoms with Gasteiger partial charge in [0.15, 0.2) is 0 Å². The molecule has 1 fully saturated rings. The fraction of sp³-hybridized carbons (Fsp3) is 0.500. The highest BCUT2D eigenvalue weighted by Crippen LogP contribution is 2.27. The molecule has 0 radical (unpaired) electrons. The number of hydrogen-bond acceptors (Lipinski definition) is 7. The first kappa shape index (κ1) is 22.2. The van der Waals surface area contributed by atoms with E-state index in [2.05, 4.69) is 9.71 Å². The van der Waals surface area contributed by atoms with Crippen LogP contribution < -0.4 is 9.62 Å². The SMILES string of the molecule is CCC(C)(C)N(C)S(=O)(=O)c1ccc(N2CC(NS(=O)(=O)c3cccs3)C2)nc1. The van der Waals surface area contributed by atoms with Crippen molar-refractivity contribution in [2.75, 3.05) is 25.0 Å². The molecule has 0 unspecified atom stereocenters. The van der Waals surface area contributed by atoms with Gasteiger partial charge in [0, 0.05) is 31.9 Å². The summed E-state index contributed by atoms with van der Waals surface area (Å²) >= 11 is 1.18. The van der Waals surface area contributed by atoms with E-state index in [4.69, 9.17) is 0 Å². The number of aromatic nitrogens is 1. The second-order valence-electron chi connectivity index (χ2n) is 7.65. The summed E-state index contributed by atoms with van der Waals surface area (Å²) in [5.74, 6) is 0.618. The standard InChI is InChI=1S/C18H26N4O4S3/c1-5-18(2,3)21(4)29(25,26)15-8-9-16(19-11-15)22-12-14(13-22)20-28(23,24)17-7-6-10-27-17/h6-11,14,20H,5,12-13H2,1-4H3. The van der Waals surface area contributed by atoms with Crippen LogP contribution in [0, 0.1) is 0 Å². The molecule has 11 heteroatoms. The maximum Gasteiger partial charge on any atom is 0.250 e. The summed E-state index contributed by atoms with van der Waals surface area (Å²) in [7, 11) is -5.56. The van der Waals surface area contributed by atoms with E-state index in [0.29, 0.717) is 29.5 Å². The van der Waals surface area contributed by atoms with Crippen LogP contribution in [0.15, 0.2) is 44.9 Å². The van der Waals surface area contributed by atoms with Gasteiger partial charge >= 0.3 is 0 Å². The molecule has 0 aromatic carbocycles. The van der Waals surface area contributed by atoms with E-state index in [0.717, 1.165) is 0 Å². The summed E-state index contributed by atoms with van der Waals surface area (Å²) < 4.78 is 54.5. The Bertz CT molecular complexity index is 1040. The zero-order chi connectivity index (χ0) is 21.4. The quantitative estimate of drug-likeness (QED) is 0.650. The van der Waals surface area contributed by atoms with Crippen LogP contribution in [-0.4, -0.2) is 57.8 Å². The van der Waals surface area contributed by atoms with Gasteiger partial charge in [0.25, 0.3) is 0 Å². The fourth-order valence-corrected chi connectivity index (χ4v) is 6.60. The predicted octanol–water partition coefficient (Wildman–Crippen LogP) is 2.12. The van der Waals surface area contributed by atoms with Crippen molar-refractivity contribution in [3.63, 3.8) is 0 Å². The molecule has 29 heavy (non-hydrogen) atoms. The van der Waals surface area contributed by atoms with Crippen LogP contribution >= 0.6 is 11.3 Å². The molecule has 1 saturated heterocycles. The van der Waals surface area contributed by atoms with Gasteiger partial charge < -0.3 is 4.90 Å². The number of nitrogens with one attached hydrogen (secondary N) is 1. The fourth-order valence-electron chi connectivity index (χ4n) is 2.85. The summed E-state index contributed by atoms with van der Waals surface area (Å²) in [6, 6.07) is 6.27. The minimum Gasteiger partial charge on any atom is -0.353 e. The third-order valence-corrected chi connectivity index (χ3v) is 10.4. The lowest BCUT2D eigenvalue weighted by Crippen LogP contribution is -2.59. The average molecular weight is 459 g/mol. The summed E-state index contributed by atoms with van der Waals surface area (Å²) in [5.41, 5.74) is -0.498. The molecular weight excluding hydrogens is 432 g/mol. The molecule has 8 nitrogen and oxygen atoms in total. The van der Waals surface area contributed by atoms with Crippen molar-refractivity contribution in [1.82, 2.24) is 14.0 Å². The molecule has 0 atom stereocenters. The van der Waals surface area contributed by atoms with Crippen molar-refractivity contribution in [3.05, 3.63) is 35.8 Å². The van der Waals surface area contributed by atoms with Crippen LogP contribution in [0.5, 0.6) is 0 Å².